The number of benzene rings is 1. The van der Waals surface area contributed by atoms with Gasteiger partial charge in [-0.1, -0.05) is 0 Å². The van der Waals surface area contributed by atoms with Crippen LogP contribution < -0.4 is 0 Å². The smallest absolute Gasteiger partial charge is 0.179 e. The molecule has 3 nitrogen and oxygen atoms in total. The molecule has 0 atom stereocenters. The maximum atomic E-state index is 13.5. The van der Waals surface area contributed by atoms with Gasteiger partial charge in [0.2, 0.25) is 0 Å². The molecule has 5 heteroatoms. The fourth-order valence-electron chi connectivity index (χ4n) is 2.26. The van der Waals surface area contributed by atoms with Crippen LogP contribution in [0.1, 0.15) is 16.8 Å². The summed E-state index contributed by atoms with van der Waals surface area (Å²) in [6.07, 6.45) is 0.982. The van der Waals surface area contributed by atoms with Crippen LogP contribution >= 0.6 is 0 Å². The van der Waals surface area contributed by atoms with Crippen LogP contribution in [0.15, 0.2) is 18.2 Å². The van der Waals surface area contributed by atoms with Gasteiger partial charge in [0.05, 0.1) is 12.1 Å². The van der Waals surface area contributed by atoms with Crippen LogP contribution in [-0.2, 0) is 0 Å². The van der Waals surface area contributed by atoms with E-state index >= 15 is 0 Å². The summed E-state index contributed by atoms with van der Waals surface area (Å²) in [5, 5.41) is 0. The van der Waals surface area contributed by atoms with Gasteiger partial charge in [-0.3, -0.25) is 9.69 Å². The number of carbonyl (C=O) groups is 1. The molecule has 0 aliphatic carbocycles. The fraction of sp³-hybridized carbons (Fsp3) is 0.500. The van der Waals surface area contributed by atoms with Crippen molar-refractivity contribution in [2.75, 3.05) is 39.8 Å². The predicted molar refractivity (Wildman–Crippen MR) is 69.2 cm³/mol. The summed E-state index contributed by atoms with van der Waals surface area (Å²) >= 11 is 0. The molecule has 0 amide bonds. The topological polar surface area (TPSA) is 23.6 Å². The van der Waals surface area contributed by atoms with Crippen molar-refractivity contribution in [2.45, 2.75) is 6.42 Å². The monoisotopic (exact) mass is 268 g/mol. The van der Waals surface area contributed by atoms with E-state index in [0.29, 0.717) is 0 Å². The number of hydrogen-bond acceptors (Lipinski definition) is 3. The molecule has 1 fully saturated rings. The summed E-state index contributed by atoms with van der Waals surface area (Å²) in [7, 11) is 2.04. The number of hydrogen-bond donors (Lipinski definition) is 0. The second-order valence-corrected chi connectivity index (χ2v) is 4.98. The predicted octanol–water partition coefficient (Wildman–Crippen LogP) is 1.78. The van der Waals surface area contributed by atoms with Crippen molar-refractivity contribution in [3.63, 3.8) is 0 Å². The molecule has 0 aromatic heterocycles. The van der Waals surface area contributed by atoms with E-state index in [9.17, 15) is 13.6 Å². The number of Topliss-reactive ketones (excluding diaryl/α,β-unsaturated/α-hetero) is 1. The van der Waals surface area contributed by atoms with Gasteiger partial charge in [0, 0.05) is 13.1 Å². The molecular formula is C14H18F2N2O. The van der Waals surface area contributed by atoms with E-state index in [1.54, 1.807) is 0 Å². The quantitative estimate of drug-likeness (QED) is 0.781. The first-order chi connectivity index (χ1) is 9.06. The Morgan fingerprint density at radius 3 is 2.79 bits per heavy atom. The zero-order valence-electron chi connectivity index (χ0n) is 11.0. The molecule has 2 rings (SSSR count). The Morgan fingerprint density at radius 2 is 2.00 bits per heavy atom. The zero-order chi connectivity index (χ0) is 13.8. The summed E-state index contributed by atoms with van der Waals surface area (Å²) in [6.45, 7) is 3.62. The Labute approximate surface area is 111 Å². The first-order valence-electron chi connectivity index (χ1n) is 6.45. The molecule has 0 bridgehead atoms. The Balaban J connectivity index is 2.02. The zero-order valence-corrected chi connectivity index (χ0v) is 11.0. The van der Waals surface area contributed by atoms with E-state index < -0.39 is 11.6 Å². The first kappa shape index (κ1) is 14.1. The van der Waals surface area contributed by atoms with Crippen LogP contribution in [-0.4, -0.2) is 55.4 Å². The van der Waals surface area contributed by atoms with Gasteiger partial charge < -0.3 is 4.90 Å². The summed E-state index contributed by atoms with van der Waals surface area (Å²) in [5.74, 6) is -1.60. The third-order valence-corrected chi connectivity index (χ3v) is 3.41. The summed E-state index contributed by atoms with van der Waals surface area (Å²) in [5.41, 5.74) is -0.155. The summed E-state index contributed by atoms with van der Waals surface area (Å²) < 4.78 is 26.6. The number of carbonyl (C=O) groups excluding carboxylic acids is 1. The average molecular weight is 268 g/mol. The number of rotatable bonds is 3. The maximum Gasteiger partial charge on any atom is 0.179 e. The third kappa shape index (κ3) is 3.81. The van der Waals surface area contributed by atoms with Crippen molar-refractivity contribution in [1.29, 1.82) is 0 Å². The molecule has 1 aliphatic heterocycles. The minimum atomic E-state index is -0.654. The van der Waals surface area contributed by atoms with Gasteiger partial charge >= 0.3 is 0 Å². The second kappa shape index (κ2) is 6.21. The fourth-order valence-corrected chi connectivity index (χ4v) is 2.26. The van der Waals surface area contributed by atoms with Crippen molar-refractivity contribution in [2.24, 2.45) is 0 Å². The molecule has 0 spiro atoms. The van der Waals surface area contributed by atoms with E-state index in [1.807, 2.05) is 11.9 Å². The van der Waals surface area contributed by atoms with E-state index in [4.69, 9.17) is 0 Å². The van der Waals surface area contributed by atoms with Crippen LogP contribution in [0, 0.1) is 11.6 Å². The van der Waals surface area contributed by atoms with Gasteiger partial charge in [-0.2, -0.15) is 0 Å². The van der Waals surface area contributed by atoms with Gasteiger partial charge in [-0.15, -0.1) is 0 Å². The van der Waals surface area contributed by atoms with Gasteiger partial charge in [0.25, 0.3) is 0 Å². The highest BCUT2D eigenvalue weighted by molar-refractivity contribution is 5.97. The minimum Gasteiger partial charge on any atom is -0.305 e. The van der Waals surface area contributed by atoms with Gasteiger partial charge in [-0.25, -0.2) is 8.78 Å². The lowest BCUT2D eigenvalue weighted by Crippen LogP contribution is -2.33. The van der Waals surface area contributed by atoms with Crippen LogP contribution in [0.25, 0.3) is 0 Å². The Hall–Kier alpha value is -1.33. The molecule has 1 aliphatic rings. The normalized spacial score (nSPS) is 18.3. The first-order valence-corrected chi connectivity index (χ1v) is 6.45. The molecular weight excluding hydrogens is 250 g/mol. The SMILES string of the molecule is CN1CCCN(CC(=O)c2cc(F)ccc2F)CC1. The Bertz CT molecular complexity index is 465. The van der Waals surface area contributed by atoms with Crippen LogP contribution in [0.5, 0.6) is 0 Å². The lowest BCUT2D eigenvalue weighted by molar-refractivity contribution is 0.0929. The molecule has 104 valence electrons. The van der Waals surface area contributed by atoms with E-state index in [2.05, 4.69) is 4.90 Å². The van der Waals surface area contributed by atoms with Gasteiger partial charge in [0.15, 0.2) is 5.78 Å². The maximum absolute atomic E-state index is 13.5. The molecule has 1 aromatic rings. The van der Waals surface area contributed by atoms with Crippen molar-refractivity contribution >= 4 is 5.78 Å². The molecule has 19 heavy (non-hydrogen) atoms. The van der Waals surface area contributed by atoms with Crippen molar-refractivity contribution < 1.29 is 13.6 Å². The average Bonchev–Trinajstić information content (AvgIpc) is 2.57. The van der Waals surface area contributed by atoms with Gasteiger partial charge in [-0.05, 0) is 44.8 Å². The summed E-state index contributed by atoms with van der Waals surface area (Å²) in [4.78, 5) is 16.2. The third-order valence-electron chi connectivity index (χ3n) is 3.41. The molecule has 1 saturated heterocycles. The lowest BCUT2D eigenvalue weighted by Gasteiger charge is -2.19. The number of likely N-dealkylation sites (N-methyl/N-ethyl adjacent to an activating group) is 1. The minimum absolute atomic E-state index is 0.147. The Kier molecular flexibility index (Phi) is 4.61. The van der Waals surface area contributed by atoms with E-state index in [-0.39, 0.29) is 17.9 Å². The number of nitrogens with zero attached hydrogens (tertiary/aromatic N) is 2. The molecule has 0 unspecified atom stereocenters. The molecule has 0 radical (unpaired) electrons. The van der Waals surface area contributed by atoms with Crippen molar-refractivity contribution in [3.8, 4) is 0 Å². The molecule has 1 heterocycles. The highest BCUT2D eigenvalue weighted by Gasteiger charge is 2.18. The standard InChI is InChI=1S/C14H18F2N2O/c1-17-5-2-6-18(8-7-17)10-14(19)12-9-11(15)3-4-13(12)16/h3-4,9H,2,5-8,10H2,1H3. The van der Waals surface area contributed by atoms with E-state index in [0.717, 1.165) is 50.8 Å². The van der Waals surface area contributed by atoms with E-state index in [1.165, 1.54) is 0 Å². The van der Waals surface area contributed by atoms with Crippen molar-refractivity contribution in [3.05, 3.63) is 35.4 Å². The highest BCUT2D eigenvalue weighted by atomic mass is 19.1. The highest BCUT2D eigenvalue weighted by Crippen LogP contribution is 2.12. The largest absolute Gasteiger partial charge is 0.305 e. The summed E-state index contributed by atoms with van der Waals surface area (Å²) in [6, 6.07) is 2.99. The van der Waals surface area contributed by atoms with Gasteiger partial charge in [0.1, 0.15) is 11.6 Å². The van der Waals surface area contributed by atoms with Crippen molar-refractivity contribution in [1.82, 2.24) is 9.80 Å². The molecule has 0 saturated carbocycles. The van der Waals surface area contributed by atoms with Crippen LogP contribution in [0.2, 0.25) is 0 Å². The molecule has 0 N–H and O–H groups in total. The molecule has 1 aromatic carbocycles. The number of halogens is 2. The lowest BCUT2D eigenvalue weighted by atomic mass is 10.1. The Morgan fingerprint density at radius 1 is 1.21 bits per heavy atom. The van der Waals surface area contributed by atoms with Crippen LogP contribution in [0.4, 0.5) is 8.78 Å². The van der Waals surface area contributed by atoms with Crippen LogP contribution in [0.3, 0.4) is 0 Å². The second-order valence-electron chi connectivity index (χ2n) is 4.98. The number of ketones is 1.